The molecule has 3 rings (SSSR count). The molecule has 0 aliphatic carbocycles. The molecule has 1 aromatic carbocycles. The van der Waals surface area contributed by atoms with Gasteiger partial charge in [-0.1, -0.05) is 11.6 Å². The second-order valence-electron chi connectivity index (χ2n) is 5.55. The minimum atomic E-state index is -4.23. The van der Waals surface area contributed by atoms with Crippen molar-refractivity contribution in [3.8, 4) is 11.9 Å². The number of fused-ring (bicyclic) bond motifs is 1. The largest absolute Gasteiger partial charge is 0.479 e. The predicted octanol–water partition coefficient (Wildman–Crippen LogP) is 2.02. The number of nitrogens with zero attached hydrogens (tertiary/aromatic N) is 5. The minimum absolute atomic E-state index is 0.0383. The number of ether oxygens (including phenoxy) is 1. The van der Waals surface area contributed by atoms with E-state index >= 15 is 0 Å². The average Bonchev–Trinajstić information content (AvgIpc) is 3.02. The number of carbonyl (C=O) groups is 1. The molecule has 0 bridgehead atoms. The number of rotatable bonds is 5. The van der Waals surface area contributed by atoms with E-state index in [1.165, 1.54) is 38.4 Å². The number of benzene rings is 1. The van der Waals surface area contributed by atoms with Gasteiger partial charge in [0, 0.05) is 17.3 Å². The van der Waals surface area contributed by atoms with Gasteiger partial charge in [0.15, 0.2) is 0 Å². The number of nitriles is 1. The molecule has 0 aliphatic rings. The summed E-state index contributed by atoms with van der Waals surface area (Å²) in [7, 11) is -2.92. The highest BCUT2D eigenvalue weighted by atomic mass is 35.5. The van der Waals surface area contributed by atoms with Crippen LogP contribution in [0, 0.1) is 11.3 Å². The van der Waals surface area contributed by atoms with Crippen molar-refractivity contribution in [2.24, 2.45) is 0 Å². The average molecular weight is 421 g/mol. The van der Waals surface area contributed by atoms with Gasteiger partial charge in [-0.15, -0.1) is 0 Å². The van der Waals surface area contributed by atoms with Crippen LogP contribution in [0.5, 0.6) is 5.88 Å². The molecule has 0 unspecified atom stereocenters. The highest BCUT2D eigenvalue weighted by Gasteiger charge is 2.26. The fraction of sp³-hybridized carbons (Fsp3) is 0.188. The summed E-state index contributed by atoms with van der Waals surface area (Å²) in [5.74, 6) is -0.346. The van der Waals surface area contributed by atoms with E-state index < -0.39 is 15.9 Å². The van der Waals surface area contributed by atoms with Gasteiger partial charge in [0.1, 0.15) is 11.5 Å². The summed E-state index contributed by atoms with van der Waals surface area (Å²) in [6, 6.07) is 6.30. The molecule has 0 radical (unpaired) electrons. The van der Waals surface area contributed by atoms with Gasteiger partial charge in [-0.3, -0.25) is 9.52 Å². The molecule has 0 aliphatic heterocycles. The van der Waals surface area contributed by atoms with Gasteiger partial charge in [-0.25, -0.2) is 4.98 Å². The van der Waals surface area contributed by atoms with Crippen LogP contribution in [0.1, 0.15) is 17.5 Å². The number of hydrogen-bond acceptors (Lipinski definition) is 8. The van der Waals surface area contributed by atoms with Crippen LogP contribution in [0.25, 0.3) is 10.9 Å². The van der Waals surface area contributed by atoms with Gasteiger partial charge in [-0.2, -0.15) is 28.4 Å². The topological polar surface area (TPSA) is 140 Å². The van der Waals surface area contributed by atoms with E-state index in [0.717, 1.165) is 4.68 Å². The maximum atomic E-state index is 12.9. The van der Waals surface area contributed by atoms with Crippen molar-refractivity contribution in [3.63, 3.8) is 0 Å². The van der Waals surface area contributed by atoms with E-state index in [4.69, 9.17) is 21.6 Å². The molecule has 2 aromatic heterocycles. The molecule has 0 spiro atoms. The van der Waals surface area contributed by atoms with Gasteiger partial charge in [0.05, 0.1) is 31.3 Å². The number of hydrogen-bond donors (Lipinski definition) is 1. The van der Waals surface area contributed by atoms with E-state index in [9.17, 15) is 13.2 Å². The van der Waals surface area contributed by atoms with Crippen molar-refractivity contribution in [1.82, 2.24) is 19.7 Å². The summed E-state index contributed by atoms with van der Waals surface area (Å²) < 4.78 is 34.2. The lowest BCUT2D eigenvalue weighted by molar-refractivity contribution is 0.0925. The Balaban J connectivity index is 2.10. The lowest BCUT2D eigenvalue weighted by Gasteiger charge is -2.10. The van der Waals surface area contributed by atoms with Crippen LogP contribution < -0.4 is 9.46 Å². The molecule has 28 heavy (non-hydrogen) atoms. The maximum absolute atomic E-state index is 12.9. The third-order valence-electron chi connectivity index (χ3n) is 3.64. The quantitative estimate of drug-likeness (QED) is 0.660. The van der Waals surface area contributed by atoms with Crippen LogP contribution in [0.15, 0.2) is 29.4 Å². The molecule has 0 amide bonds. The Labute approximate surface area is 164 Å². The second kappa shape index (κ2) is 7.41. The van der Waals surface area contributed by atoms with E-state index in [-0.39, 0.29) is 39.7 Å². The Hall–Kier alpha value is -3.23. The number of halogens is 1. The molecular formula is C16H13ClN6O4S. The van der Waals surface area contributed by atoms with Gasteiger partial charge in [-0.05, 0) is 18.2 Å². The fourth-order valence-electron chi connectivity index (χ4n) is 2.47. The van der Waals surface area contributed by atoms with E-state index in [0.29, 0.717) is 5.02 Å². The Morgan fingerprint density at radius 1 is 1.43 bits per heavy atom. The molecule has 2 heterocycles. The van der Waals surface area contributed by atoms with Crippen LogP contribution in [-0.4, -0.2) is 41.2 Å². The molecule has 12 heteroatoms. The first-order valence-electron chi connectivity index (χ1n) is 7.75. The van der Waals surface area contributed by atoms with Gasteiger partial charge in [0.2, 0.25) is 16.8 Å². The zero-order valence-electron chi connectivity index (χ0n) is 14.7. The summed E-state index contributed by atoms with van der Waals surface area (Å²) in [4.78, 5) is 19.8. The van der Waals surface area contributed by atoms with Crippen molar-refractivity contribution in [3.05, 3.63) is 35.2 Å². The van der Waals surface area contributed by atoms with Crippen molar-refractivity contribution < 1.29 is 17.9 Å². The number of nitrogens with one attached hydrogen (secondary N) is 1. The monoisotopic (exact) mass is 420 g/mol. The summed E-state index contributed by atoms with van der Waals surface area (Å²) >= 11 is 5.96. The Kier molecular flexibility index (Phi) is 5.17. The van der Waals surface area contributed by atoms with Crippen molar-refractivity contribution in [1.29, 1.82) is 5.26 Å². The highest BCUT2D eigenvalue weighted by Crippen LogP contribution is 2.29. The lowest BCUT2D eigenvalue weighted by atomic mass is 10.2. The fourth-order valence-corrected chi connectivity index (χ4v) is 3.82. The first-order valence-corrected chi connectivity index (χ1v) is 9.62. The Morgan fingerprint density at radius 2 is 2.18 bits per heavy atom. The number of carbonyl (C=O) groups excluding carboxylic acids is 1. The standard InChI is InChI=1S/C16H13ClN6O4S/c1-9(24)23-13-7-10(17)3-4-11(13)16(21-23)28(25,26)22-12-8-19-14(5-6-18)20-15(12)27-2/h3-4,7-8,22H,5H2,1-2H3. The molecule has 144 valence electrons. The summed E-state index contributed by atoms with van der Waals surface area (Å²) in [5.41, 5.74) is 0.219. The van der Waals surface area contributed by atoms with Crippen LogP contribution >= 0.6 is 11.6 Å². The third-order valence-corrected chi connectivity index (χ3v) is 5.17. The Morgan fingerprint density at radius 3 is 2.82 bits per heavy atom. The van der Waals surface area contributed by atoms with Crippen molar-refractivity contribution in [2.45, 2.75) is 18.4 Å². The first kappa shape index (κ1) is 19.5. The van der Waals surface area contributed by atoms with Gasteiger partial charge in [0.25, 0.3) is 10.0 Å². The molecule has 10 nitrogen and oxygen atoms in total. The summed E-state index contributed by atoms with van der Waals surface area (Å²) in [6.45, 7) is 1.25. The van der Waals surface area contributed by atoms with Crippen molar-refractivity contribution in [2.75, 3.05) is 11.8 Å². The zero-order chi connectivity index (χ0) is 20.5. The zero-order valence-corrected chi connectivity index (χ0v) is 16.2. The SMILES string of the molecule is COc1nc(CC#N)ncc1NS(=O)(=O)c1nn(C(C)=O)c2cc(Cl)ccc12. The predicted molar refractivity (Wildman–Crippen MR) is 99.8 cm³/mol. The van der Waals surface area contributed by atoms with Gasteiger partial charge >= 0.3 is 0 Å². The van der Waals surface area contributed by atoms with Crippen molar-refractivity contribution >= 4 is 44.1 Å². The van der Waals surface area contributed by atoms with Gasteiger partial charge < -0.3 is 4.74 Å². The number of anilines is 1. The molecule has 0 saturated carbocycles. The maximum Gasteiger partial charge on any atom is 0.282 e. The molecule has 1 N–H and O–H groups in total. The van der Waals surface area contributed by atoms with Crippen LogP contribution in [0.2, 0.25) is 5.02 Å². The third kappa shape index (κ3) is 3.60. The number of aromatic nitrogens is 4. The first-order chi connectivity index (χ1) is 13.3. The van der Waals surface area contributed by atoms with Crippen LogP contribution in [-0.2, 0) is 16.4 Å². The number of sulfonamides is 1. The van der Waals surface area contributed by atoms with E-state index in [2.05, 4.69) is 19.8 Å². The highest BCUT2D eigenvalue weighted by molar-refractivity contribution is 7.92. The summed E-state index contributed by atoms with van der Waals surface area (Å²) in [5, 5.41) is 12.8. The van der Waals surface area contributed by atoms with E-state index in [1.807, 2.05) is 6.07 Å². The van der Waals surface area contributed by atoms with Crippen LogP contribution in [0.4, 0.5) is 5.69 Å². The second-order valence-corrected chi connectivity index (χ2v) is 7.58. The molecule has 0 atom stereocenters. The smallest absolute Gasteiger partial charge is 0.282 e. The van der Waals surface area contributed by atoms with Crippen LogP contribution in [0.3, 0.4) is 0 Å². The molecule has 3 aromatic rings. The normalized spacial score (nSPS) is 11.2. The minimum Gasteiger partial charge on any atom is -0.479 e. The Bertz CT molecular complexity index is 1230. The molecule has 0 saturated heterocycles. The lowest BCUT2D eigenvalue weighted by Crippen LogP contribution is -2.17. The molecule has 0 fully saturated rings. The summed E-state index contributed by atoms with van der Waals surface area (Å²) in [6.07, 6.45) is 1.13. The molecular weight excluding hydrogens is 408 g/mol. The number of methoxy groups -OCH3 is 1. The van der Waals surface area contributed by atoms with E-state index in [1.54, 1.807) is 0 Å².